The Morgan fingerprint density at radius 2 is 2.02 bits per heavy atom. The number of esters is 1. The van der Waals surface area contributed by atoms with Crippen LogP contribution >= 0.6 is 11.6 Å². The van der Waals surface area contributed by atoms with Gasteiger partial charge in [-0.1, -0.05) is 42.8 Å². The summed E-state index contributed by atoms with van der Waals surface area (Å²) in [5, 5.41) is 6.23. The third-order valence-corrected chi connectivity index (χ3v) is 8.89. The summed E-state index contributed by atoms with van der Waals surface area (Å²) >= 11 is 6.99. The van der Waals surface area contributed by atoms with E-state index in [9.17, 15) is 9.18 Å². The monoisotopic (exact) mass is 563 g/mol. The van der Waals surface area contributed by atoms with Crippen LogP contribution < -0.4 is 0 Å². The highest BCUT2D eigenvalue weighted by Crippen LogP contribution is 2.38. The van der Waals surface area contributed by atoms with Crippen molar-refractivity contribution in [3.63, 3.8) is 0 Å². The van der Waals surface area contributed by atoms with Crippen LogP contribution in [0.1, 0.15) is 61.2 Å². The Morgan fingerprint density at radius 3 is 2.75 bits per heavy atom. The van der Waals surface area contributed by atoms with Crippen molar-refractivity contribution in [2.24, 2.45) is 0 Å². The van der Waals surface area contributed by atoms with Crippen molar-refractivity contribution in [2.75, 3.05) is 26.2 Å². The summed E-state index contributed by atoms with van der Waals surface area (Å²) in [6.07, 6.45) is 5.51. The van der Waals surface area contributed by atoms with E-state index in [1.165, 1.54) is 0 Å². The molecule has 0 amide bonds. The lowest BCUT2D eigenvalue weighted by Gasteiger charge is -2.34. The Bertz CT molecular complexity index is 1550. The quantitative estimate of drug-likeness (QED) is 0.254. The number of halogens is 2. The lowest BCUT2D eigenvalue weighted by molar-refractivity contribution is -0.146. The first-order chi connectivity index (χ1) is 19.4. The number of hydrogen-bond acceptors (Lipinski definition) is 5. The Labute approximate surface area is 238 Å². The molecule has 1 unspecified atom stereocenters. The minimum atomic E-state index is -0.866. The predicted molar refractivity (Wildman–Crippen MR) is 155 cm³/mol. The van der Waals surface area contributed by atoms with Crippen LogP contribution in [-0.4, -0.2) is 62.6 Å². The van der Waals surface area contributed by atoms with E-state index in [4.69, 9.17) is 21.4 Å². The van der Waals surface area contributed by atoms with E-state index >= 15 is 0 Å². The van der Waals surface area contributed by atoms with Crippen molar-refractivity contribution < 1.29 is 13.9 Å². The lowest BCUT2D eigenvalue weighted by Crippen LogP contribution is -2.40. The van der Waals surface area contributed by atoms with Gasteiger partial charge in [-0.3, -0.25) is 4.68 Å². The summed E-state index contributed by atoms with van der Waals surface area (Å²) < 4.78 is 24.1. The number of ether oxygens (including phenoxy) is 1. The molecule has 40 heavy (non-hydrogen) atoms. The number of aromatic nitrogens is 4. The van der Waals surface area contributed by atoms with E-state index in [1.54, 1.807) is 17.9 Å². The SMILES string of the molecule is CCOC(=O)C(c1ncn2c1CCC2)n1cc2c(C)cc(-c3ccc([C@H]4CCN(CC)C[C@@H]4F)cc3)c(Cl)c2n1. The van der Waals surface area contributed by atoms with Crippen molar-refractivity contribution in [3.05, 3.63) is 70.4 Å². The molecular formula is C31H35ClFN5O2. The van der Waals surface area contributed by atoms with E-state index in [0.29, 0.717) is 22.8 Å². The Balaban J connectivity index is 1.35. The van der Waals surface area contributed by atoms with E-state index in [-0.39, 0.29) is 18.5 Å². The first kappa shape index (κ1) is 27.0. The molecule has 3 atom stereocenters. The summed E-state index contributed by atoms with van der Waals surface area (Å²) in [6, 6.07) is 9.36. The van der Waals surface area contributed by atoms with E-state index in [0.717, 1.165) is 72.2 Å². The van der Waals surface area contributed by atoms with Crippen molar-refractivity contribution in [3.8, 4) is 11.1 Å². The first-order valence-electron chi connectivity index (χ1n) is 14.2. The summed E-state index contributed by atoms with van der Waals surface area (Å²) in [7, 11) is 0. The number of carbonyl (C=O) groups is 1. The zero-order valence-electron chi connectivity index (χ0n) is 23.2. The molecule has 6 rings (SSSR count). The number of aryl methyl sites for hydroxylation is 2. The third-order valence-electron chi connectivity index (χ3n) is 8.51. The average Bonchev–Trinajstić information content (AvgIpc) is 3.69. The summed E-state index contributed by atoms with van der Waals surface area (Å²) in [6.45, 7) is 9.35. The van der Waals surface area contributed by atoms with E-state index in [1.807, 2.05) is 37.4 Å². The number of hydrogen-bond donors (Lipinski definition) is 0. The maximum absolute atomic E-state index is 14.9. The van der Waals surface area contributed by atoms with E-state index in [2.05, 4.69) is 27.4 Å². The molecule has 0 N–H and O–H groups in total. The number of nitrogens with zero attached hydrogens (tertiary/aromatic N) is 5. The number of imidazole rings is 1. The highest BCUT2D eigenvalue weighted by Gasteiger charge is 2.33. The van der Waals surface area contributed by atoms with E-state index < -0.39 is 12.2 Å². The molecular weight excluding hydrogens is 529 g/mol. The Hall–Kier alpha value is -3.23. The van der Waals surface area contributed by atoms with Crippen LogP contribution in [0.3, 0.4) is 0 Å². The Kier molecular flexibility index (Phi) is 7.40. The zero-order valence-corrected chi connectivity index (χ0v) is 24.0. The van der Waals surface area contributed by atoms with Gasteiger partial charge >= 0.3 is 5.97 Å². The topological polar surface area (TPSA) is 65.2 Å². The Morgan fingerprint density at radius 1 is 1.23 bits per heavy atom. The minimum absolute atomic E-state index is 0.0866. The zero-order chi connectivity index (χ0) is 28.0. The van der Waals surface area contributed by atoms with Gasteiger partial charge in [-0.15, -0.1) is 0 Å². The molecule has 2 aliphatic rings. The van der Waals surface area contributed by atoms with Crippen LogP contribution in [0.4, 0.5) is 4.39 Å². The largest absolute Gasteiger partial charge is 0.464 e. The first-order valence-corrected chi connectivity index (χ1v) is 14.6. The van der Waals surface area contributed by atoms with Gasteiger partial charge in [0, 0.05) is 41.8 Å². The normalized spacial score (nSPS) is 20.1. The molecule has 0 radical (unpaired) electrons. The molecule has 0 spiro atoms. The second-order valence-corrected chi connectivity index (χ2v) is 11.3. The predicted octanol–water partition coefficient (Wildman–Crippen LogP) is 6.11. The molecule has 210 valence electrons. The van der Waals surface area contributed by atoms with Crippen molar-refractivity contribution in [1.82, 2.24) is 24.2 Å². The third kappa shape index (κ3) is 4.71. The second kappa shape index (κ2) is 11.0. The number of carbonyl (C=O) groups excluding carboxylic acids is 1. The summed E-state index contributed by atoms with van der Waals surface area (Å²) in [4.78, 5) is 20.0. The van der Waals surface area contributed by atoms with Crippen LogP contribution in [0.15, 0.2) is 42.9 Å². The number of rotatable bonds is 7. The number of likely N-dealkylation sites (tertiary alicyclic amines) is 1. The molecule has 1 saturated heterocycles. The number of benzene rings is 2. The van der Waals surface area contributed by atoms with Crippen LogP contribution in [0.2, 0.25) is 5.02 Å². The smallest absolute Gasteiger partial charge is 0.337 e. The second-order valence-electron chi connectivity index (χ2n) is 10.9. The molecule has 0 bridgehead atoms. The molecule has 2 aromatic carbocycles. The maximum Gasteiger partial charge on any atom is 0.337 e. The fourth-order valence-corrected chi connectivity index (χ4v) is 6.61. The van der Waals surface area contributed by atoms with Gasteiger partial charge in [-0.05, 0) is 69.0 Å². The highest BCUT2D eigenvalue weighted by molar-refractivity contribution is 6.38. The summed E-state index contributed by atoms with van der Waals surface area (Å²) in [5.74, 6) is -0.472. The minimum Gasteiger partial charge on any atom is -0.464 e. The van der Waals surface area contributed by atoms with Gasteiger partial charge in [0.25, 0.3) is 0 Å². The molecule has 2 aromatic heterocycles. The lowest BCUT2D eigenvalue weighted by atomic mass is 9.87. The van der Waals surface area contributed by atoms with Crippen LogP contribution in [0.5, 0.6) is 0 Å². The van der Waals surface area contributed by atoms with Crippen molar-refractivity contribution in [1.29, 1.82) is 0 Å². The molecule has 4 aromatic rings. The van der Waals surface area contributed by atoms with Gasteiger partial charge in [0.2, 0.25) is 0 Å². The van der Waals surface area contributed by atoms with Gasteiger partial charge in [-0.25, -0.2) is 14.2 Å². The fourth-order valence-electron chi connectivity index (χ4n) is 6.31. The molecule has 1 fully saturated rings. The number of alkyl halides is 1. The van der Waals surface area contributed by atoms with Crippen LogP contribution in [0.25, 0.3) is 22.0 Å². The average molecular weight is 564 g/mol. The van der Waals surface area contributed by atoms with Crippen molar-refractivity contribution in [2.45, 2.75) is 64.7 Å². The maximum atomic E-state index is 14.9. The molecule has 2 aliphatic heterocycles. The highest BCUT2D eigenvalue weighted by atomic mass is 35.5. The van der Waals surface area contributed by atoms with Gasteiger partial charge < -0.3 is 14.2 Å². The number of fused-ring (bicyclic) bond motifs is 2. The molecule has 4 heterocycles. The van der Waals surface area contributed by atoms with Gasteiger partial charge in [0.1, 0.15) is 11.7 Å². The van der Waals surface area contributed by atoms with Crippen LogP contribution in [-0.2, 0) is 22.5 Å². The molecule has 7 nitrogen and oxygen atoms in total. The van der Waals surface area contributed by atoms with Gasteiger partial charge in [0.05, 0.1) is 23.7 Å². The summed E-state index contributed by atoms with van der Waals surface area (Å²) in [5.41, 5.74) is 6.19. The van der Waals surface area contributed by atoms with Crippen LogP contribution in [0, 0.1) is 6.92 Å². The van der Waals surface area contributed by atoms with Gasteiger partial charge in [0.15, 0.2) is 6.04 Å². The number of piperidine rings is 1. The molecule has 0 saturated carbocycles. The standard InChI is InChI=1S/C31H35ClFN5O2/c1-4-36-14-12-22(25(33)17-36)20-8-10-21(11-9-20)23-15-19(3)24-16-38(35-28(24)27(23)32)30(31(39)40-5-2)29-26-7-6-13-37(26)18-34-29/h8-11,15-16,18,22,25,30H,4-7,12-14,17H2,1-3H3/t22-,25+,30?/m1/s1. The van der Waals surface area contributed by atoms with Crippen molar-refractivity contribution >= 4 is 28.5 Å². The van der Waals surface area contributed by atoms with Gasteiger partial charge in [-0.2, -0.15) is 5.10 Å². The molecule has 9 heteroatoms. The fraction of sp³-hybridized carbons (Fsp3) is 0.452. The molecule has 0 aliphatic carbocycles.